The summed E-state index contributed by atoms with van der Waals surface area (Å²) in [5.74, 6) is -1.88. The number of amides is 2. The van der Waals surface area contributed by atoms with E-state index in [0.29, 0.717) is 5.92 Å². The van der Waals surface area contributed by atoms with Crippen molar-refractivity contribution in [3.63, 3.8) is 0 Å². The van der Waals surface area contributed by atoms with E-state index in [0.717, 1.165) is 25.9 Å². The van der Waals surface area contributed by atoms with Gasteiger partial charge in [0.1, 0.15) is 6.04 Å². The molecular formula is C11H19N3O4. The smallest absolute Gasteiger partial charge is 0.326 e. The van der Waals surface area contributed by atoms with Crippen LogP contribution in [0.3, 0.4) is 0 Å². The molecule has 102 valence electrons. The van der Waals surface area contributed by atoms with Gasteiger partial charge in [0.2, 0.25) is 11.8 Å². The Morgan fingerprint density at radius 2 is 2.17 bits per heavy atom. The van der Waals surface area contributed by atoms with Gasteiger partial charge in [0, 0.05) is 6.42 Å². The molecule has 18 heavy (non-hydrogen) atoms. The van der Waals surface area contributed by atoms with Crippen molar-refractivity contribution in [2.45, 2.75) is 31.7 Å². The minimum atomic E-state index is -1.25. The molecule has 0 aromatic rings. The molecule has 2 amide bonds. The van der Waals surface area contributed by atoms with Crippen molar-refractivity contribution in [1.82, 2.24) is 10.6 Å². The van der Waals surface area contributed by atoms with Crippen LogP contribution in [0.25, 0.3) is 0 Å². The highest BCUT2D eigenvalue weighted by Crippen LogP contribution is 2.14. The third-order valence-electron chi connectivity index (χ3n) is 2.98. The highest BCUT2D eigenvalue weighted by molar-refractivity contribution is 5.88. The predicted octanol–water partition coefficient (Wildman–Crippen LogP) is -1.18. The van der Waals surface area contributed by atoms with E-state index < -0.39 is 17.9 Å². The average molecular weight is 257 g/mol. The molecule has 7 heteroatoms. The summed E-state index contributed by atoms with van der Waals surface area (Å²) in [4.78, 5) is 33.0. The molecule has 1 unspecified atom stereocenters. The predicted molar refractivity (Wildman–Crippen MR) is 63.6 cm³/mol. The van der Waals surface area contributed by atoms with Gasteiger partial charge in [-0.25, -0.2) is 4.79 Å². The zero-order chi connectivity index (χ0) is 13.5. The van der Waals surface area contributed by atoms with Crippen molar-refractivity contribution in [1.29, 1.82) is 0 Å². The van der Waals surface area contributed by atoms with E-state index in [2.05, 4.69) is 10.6 Å². The number of nitrogens with two attached hydrogens (primary N) is 1. The van der Waals surface area contributed by atoms with Crippen molar-refractivity contribution in [2.75, 3.05) is 13.1 Å². The second kappa shape index (κ2) is 6.95. The van der Waals surface area contributed by atoms with Gasteiger partial charge in [-0.05, 0) is 31.8 Å². The summed E-state index contributed by atoms with van der Waals surface area (Å²) < 4.78 is 0. The summed E-state index contributed by atoms with van der Waals surface area (Å²) in [5, 5.41) is 14.3. The quantitative estimate of drug-likeness (QED) is 0.457. The molecule has 0 spiro atoms. The van der Waals surface area contributed by atoms with Crippen LogP contribution in [-0.4, -0.2) is 42.0 Å². The number of carboxylic acids is 1. The minimum absolute atomic E-state index is 0.273. The van der Waals surface area contributed by atoms with Crippen LogP contribution in [0.15, 0.2) is 0 Å². The maximum atomic E-state index is 11.5. The van der Waals surface area contributed by atoms with E-state index in [1.165, 1.54) is 0 Å². The first-order chi connectivity index (χ1) is 8.49. The van der Waals surface area contributed by atoms with Gasteiger partial charge in [0.15, 0.2) is 0 Å². The fourth-order valence-corrected chi connectivity index (χ4v) is 1.96. The molecule has 0 saturated carbocycles. The van der Waals surface area contributed by atoms with Crippen LogP contribution in [0.1, 0.15) is 25.7 Å². The highest BCUT2D eigenvalue weighted by atomic mass is 16.4. The van der Waals surface area contributed by atoms with Gasteiger partial charge in [-0.2, -0.15) is 0 Å². The molecule has 0 aromatic carbocycles. The normalized spacial score (nSPS) is 20.3. The number of hydrogen-bond acceptors (Lipinski definition) is 4. The monoisotopic (exact) mass is 257 g/mol. The van der Waals surface area contributed by atoms with Crippen molar-refractivity contribution >= 4 is 17.8 Å². The zero-order valence-electron chi connectivity index (χ0n) is 10.1. The number of nitrogens with one attached hydrogen (secondary N) is 2. The number of aliphatic carboxylic acids is 1. The van der Waals surface area contributed by atoms with E-state index in [1.54, 1.807) is 0 Å². The number of carboxylic acid groups (broad SMARTS) is 1. The Hall–Kier alpha value is -1.63. The lowest BCUT2D eigenvalue weighted by Crippen LogP contribution is -2.43. The van der Waals surface area contributed by atoms with Gasteiger partial charge in [-0.3, -0.25) is 9.59 Å². The first-order valence-corrected chi connectivity index (χ1v) is 6.00. The van der Waals surface area contributed by atoms with Crippen molar-refractivity contribution in [2.24, 2.45) is 11.7 Å². The lowest BCUT2D eigenvalue weighted by molar-refractivity contribution is -0.143. The van der Waals surface area contributed by atoms with Crippen molar-refractivity contribution < 1.29 is 19.5 Å². The van der Waals surface area contributed by atoms with Crippen molar-refractivity contribution in [3.05, 3.63) is 0 Å². The molecule has 1 aliphatic rings. The van der Waals surface area contributed by atoms with E-state index in [4.69, 9.17) is 10.8 Å². The minimum Gasteiger partial charge on any atom is -0.480 e. The van der Waals surface area contributed by atoms with Gasteiger partial charge in [-0.1, -0.05) is 0 Å². The van der Waals surface area contributed by atoms with Crippen LogP contribution in [-0.2, 0) is 14.4 Å². The van der Waals surface area contributed by atoms with E-state index in [9.17, 15) is 14.4 Å². The first-order valence-electron chi connectivity index (χ1n) is 6.00. The molecule has 1 saturated heterocycles. The fraction of sp³-hybridized carbons (Fsp3) is 0.727. The summed E-state index contributed by atoms with van der Waals surface area (Å²) in [6.45, 7) is 1.86. The van der Waals surface area contributed by atoms with Gasteiger partial charge in [-0.15, -0.1) is 0 Å². The SMILES string of the molecule is NC(=O)C[C@@H](NC(=O)CCC1CCNC1)C(=O)O. The lowest BCUT2D eigenvalue weighted by atomic mass is 10.0. The maximum absolute atomic E-state index is 11.5. The number of rotatable bonds is 7. The Balaban J connectivity index is 2.31. The standard InChI is InChI=1S/C11H19N3O4/c12-9(15)5-8(11(17)18)14-10(16)2-1-7-3-4-13-6-7/h7-8,13H,1-6H2,(H2,12,15)(H,14,16)(H,17,18)/t7?,8-/m1/s1. The van der Waals surface area contributed by atoms with Crippen LogP contribution < -0.4 is 16.4 Å². The number of primary amides is 1. The van der Waals surface area contributed by atoms with Gasteiger partial charge >= 0.3 is 5.97 Å². The fourth-order valence-electron chi connectivity index (χ4n) is 1.96. The van der Waals surface area contributed by atoms with E-state index in [-0.39, 0.29) is 18.7 Å². The number of carbonyl (C=O) groups is 3. The molecule has 0 aliphatic carbocycles. The maximum Gasteiger partial charge on any atom is 0.326 e. The van der Waals surface area contributed by atoms with Crippen LogP contribution in [0.5, 0.6) is 0 Å². The van der Waals surface area contributed by atoms with Crippen LogP contribution >= 0.6 is 0 Å². The molecule has 5 N–H and O–H groups in total. The van der Waals surface area contributed by atoms with Crippen LogP contribution in [0, 0.1) is 5.92 Å². The Morgan fingerprint density at radius 3 is 2.67 bits per heavy atom. The summed E-state index contributed by atoms with van der Waals surface area (Å²) in [6.07, 6.45) is 1.65. The highest BCUT2D eigenvalue weighted by Gasteiger charge is 2.23. The molecule has 1 rings (SSSR count). The van der Waals surface area contributed by atoms with E-state index in [1.807, 2.05) is 0 Å². The van der Waals surface area contributed by atoms with E-state index >= 15 is 0 Å². The average Bonchev–Trinajstić information content (AvgIpc) is 2.77. The molecule has 0 radical (unpaired) electrons. The molecule has 7 nitrogen and oxygen atoms in total. The van der Waals surface area contributed by atoms with Crippen molar-refractivity contribution in [3.8, 4) is 0 Å². The topological polar surface area (TPSA) is 122 Å². The molecular weight excluding hydrogens is 238 g/mol. The Kier molecular flexibility index (Phi) is 5.57. The summed E-state index contributed by atoms with van der Waals surface area (Å²) in [5.41, 5.74) is 4.92. The summed E-state index contributed by atoms with van der Waals surface area (Å²) in [7, 11) is 0. The Labute approximate surface area is 105 Å². The first kappa shape index (κ1) is 14.4. The number of hydrogen-bond donors (Lipinski definition) is 4. The Bertz CT molecular complexity index is 326. The molecule has 1 fully saturated rings. The largest absolute Gasteiger partial charge is 0.480 e. The van der Waals surface area contributed by atoms with Crippen LogP contribution in [0.4, 0.5) is 0 Å². The third kappa shape index (κ3) is 5.13. The molecule has 1 aliphatic heterocycles. The van der Waals surface area contributed by atoms with Crippen LogP contribution in [0.2, 0.25) is 0 Å². The zero-order valence-corrected chi connectivity index (χ0v) is 10.1. The molecule has 1 heterocycles. The third-order valence-corrected chi connectivity index (χ3v) is 2.98. The second-order valence-electron chi connectivity index (χ2n) is 4.53. The lowest BCUT2D eigenvalue weighted by Gasteiger charge is -2.13. The molecule has 0 aromatic heterocycles. The summed E-state index contributed by atoms with van der Waals surface area (Å²) >= 11 is 0. The molecule has 0 bridgehead atoms. The number of carbonyl (C=O) groups excluding carboxylic acids is 2. The molecule has 2 atom stereocenters. The van der Waals surface area contributed by atoms with Gasteiger partial charge in [0.25, 0.3) is 0 Å². The van der Waals surface area contributed by atoms with Gasteiger partial charge in [0.05, 0.1) is 6.42 Å². The second-order valence-corrected chi connectivity index (χ2v) is 4.53. The Morgan fingerprint density at radius 1 is 1.44 bits per heavy atom. The summed E-state index contributed by atoms with van der Waals surface area (Å²) in [6, 6.07) is -1.23. The van der Waals surface area contributed by atoms with Gasteiger partial charge < -0.3 is 21.5 Å².